The molecule has 0 saturated heterocycles. The Balaban J connectivity index is 2.47. The van der Waals surface area contributed by atoms with Gasteiger partial charge in [0.25, 0.3) is 0 Å². The average molecular weight is 299 g/mol. The highest BCUT2D eigenvalue weighted by Crippen LogP contribution is 2.20. The van der Waals surface area contributed by atoms with E-state index in [0.717, 1.165) is 15.7 Å². The van der Waals surface area contributed by atoms with Crippen molar-refractivity contribution in [1.82, 2.24) is 5.32 Å². The van der Waals surface area contributed by atoms with Crippen LogP contribution in [0.15, 0.2) is 22.7 Å². The van der Waals surface area contributed by atoms with Crippen LogP contribution in [0, 0.1) is 6.92 Å². The molecule has 0 atom stereocenters. The fourth-order valence-electron chi connectivity index (χ4n) is 1.42. The zero-order valence-corrected chi connectivity index (χ0v) is 12.1. The summed E-state index contributed by atoms with van der Waals surface area (Å²) in [5.74, 6) is 0.0411. The third kappa shape index (κ3) is 5.33. The number of aryl methyl sites for hydroxylation is 1. The number of hydrogen-bond acceptors (Lipinski definition) is 2. The fourth-order valence-corrected chi connectivity index (χ4v) is 1.78. The number of anilines is 1. The van der Waals surface area contributed by atoms with Gasteiger partial charge >= 0.3 is 0 Å². The lowest BCUT2D eigenvalue weighted by molar-refractivity contribution is -0.116. The molecule has 4 heteroatoms. The Hall–Kier alpha value is -0.870. The highest BCUT2D eigenvalue weighted by atomic mass is 79.9. The first-order valence-electron chi connectivity index (χ1n) is 5.78. The van der Waals surface area contributed by atoms with E-state index < -0.39 is 0 Å². The lowest BCUT2D eigenvalue weighted by atomic mass is 10.2. The van der Waals surface area contributed by atoms with Crippen molar-refractivity contribution in [3.05, 3.63) is 28.2 Å². The molecular formula is C13H19BrN2O. The van der Waals surface area contributed by atoms with Crippen LogP contribution >= 0.6 is 15.9 Å². The van der Waals surface area contributed by atoms with Crippen LogP contribution in [0.1, 0.15) is 25.8 Å². The molecule has 1 amide bonds. The number of hydrogen-bond donors (Lipinski definition) is 2. The third-order valence-electron chi connectivity index (χ3n) is 2.38. The Labute approximate surface area is 111 Å². The zero-order valence-electron chi connectivity index (χ0n) is 10.5. The maximum Gasteiger partial charge on any atom is 0.225 e. The first kappa shape index (κ1) is 14.2. The van der Waals surface area contributed by atoms with E-state index in [1.165, 1.54) is 0 Å². The van der Waals surface area contributed by atoms with Gasteiger partial charge in [-0.15, -0.1) is 0 Å². The quantitative estimate of drug-likeness (QED) is 0.877. The van der Waals surface area contributed by atoms with Gasteiger partial charge in [-0.1, -0.05) is 35.8 Å². The molecule has 3 nitrogen and oxygen atoms in total. The number of carbonyl (C=O) groups excluding carboxylic acids is 1. The van der Waals surface area contributed by atoms with Gasteiger partial charge in [-0.25, -0.2) is 0 Å². The molecule has 0 fully saturated rings. The molecule has 2 N–H and O–H groups in total. The number of rotatable bonds is 5. The van der Waals surface area contributed by atoms with Crippen molar-refractivity contribution >= 4 is 27.5 Å². The topological polar surface area (TPSA) is 41.1 Å². The standard InChI is InChI=1S/C13H19BrN2O/c1-9(2)15-7-6-13(17)16-12-8-11(14)5-4-10(12)3/h4-5,8-9,15H,6-7H2,1-3H3,(H,16,17). The average Bonchev–Trinajstić information content (AvgIpc) is 2.23. The van der Waals surface area contributed by atoms with Gasteiger partial charge < -0.3 is 10.6 Å². The molecule has 1 rings (SSSR count). The Morgan fingerprint density at radius 2 is 2.12 bits per heavy atom. The molecule has 94 valence electrons. The summed E-state index contributed by atoms with van der Waals surface area (Å²) in [6.45, 7) is 6.82. The Morgan fingerprint density at radius 1 is 1.41 bits per heavy atom. The molecule has 1 aromatic carbocycles. The molecule has 0 heterocycles. The molecule has 0 radical (unpaired) electrons. The van der Waals surface area contributed by atoms with Gasteiger partial charge in [0.1, 0.15) is 0 Å². The Bertz CT molecular complexity index is 391. The minimum Gasteiger partial charge on any atom is -0.326 e. The van der Waals surface area contributed by atoms with Crippen LogP contribution in [0.3, 0.4) is 0 Å². The zero-order chi connectivity index (χ0) is 12.8. The van der Waals surface area contributed by atoms with Gasteiger partial charge in [-0.3, -0.25) is 4.79 Å². The number of benzene rings is 1. The third-order valence-corrected chi connectivity index (χ3v) is 2.87. The van der Waals surface area contributed by atoms with Crippen LogP contribution in [0.2, 0.25) is 0 Å². The van der Waals surface area contributed by atoms with Crippen LogP contribution in [0.5, 0.6) is 0 Å². The van der Waals surface area contributed by atoms with E-state index in [9.17, 15) is 4.79 Å². The van der Waals surface area contributed by atoms with E-state index in [4.69, 9.17) is 0 Å². The molecular weight excluding hydrogens is 280 g/mol. The fraction of sp³-hybridized carbons (Fsp3) is 0.462. The predicted octanol–water partition coefficient (Wildman–Crippen LogP) is 3.08. The van der Waals surface area contributed by atoms with Gasteiger partial charge in [0.05, 0.1) is 0 Å². The van der Waals surface area contributed by atoms with Crippen LogP contribution in [-0.2, 0) is 4.79 Å². The van der Waals surface area contributed by atoms with Crippen molar-refractivity contribution in [3.63, 3.8) is 0 Å². The highest BCUT2D eigenvalue weighted by molar-refractivity contribution is 9.10. The second-order valence-corrected chi connectivity index (χ2v) is 5.28. The molecule has 0 saturated carbocycles. The second kappa shape index (κ2) is 6.77. The number of nitrogens with one attached hydrogen (secondary N) is 2. The molecule has 0 bridgehead atoms. The van der Waals surface area contributed by atoms with E-state index in [2.05, 4.69) is 40.4 Å². The summed E-state index contributed by atoms with van der Waals surface area (Å²) < 4.78 is 0.971. The molecule has 0 spiro atoms. The van der Waals surface area contributed by atoms with Crippen molar-refractivity contribution in [2.45, 2.75) is 33.2 Å². The van der Waals surface area contributed by atoms with Crippen LogP contribution in [0.4, 0.5) is 5.69 Å². The first-order valence-corrected chi connectivity index (χ1v) is 6.57. The van der Waals surface area contributed by atoms with Crippen molar-refractivity contribution in [3.8, 4) is 0 Å². The van der Waals surface area contributed by atoms with E-state index in [-0.39, 0.29) is 5.91 Å². The maximum atomic E-state index is 11.7. The summed E-state index contributed by atoms with van der Waals surface area (Å²) in [7, 11) is 0. The lowest BCUT2D eigenvalue weighted by Crippen LogP contribution is -2.27. The van der Waals surface area contributed by atoms with Crippen LogP contribution < -0.4 is 10.6 Å². The lowest BCUT2D eigenvalue weighted by Gasteiger charge is -2.10. The summed E-state index contributed by atoms with van der Waals surface area (Å²) in [5.41, 5.74) is 1.94. The van der Waals surface area contributed by atoms with Crippen molar-refractivity contribution in [1.29, 1.82) is 0 Å². The molecule has 17 heavy (non-hydrogen) atoms. The van der Waals surface area contributed by atoms with E-state index in [1.54, 1.807) is 0 Å². The first-order chi connectivity index (χ1) is 7.99. The van der Waals surface area contributed by atoms with Gasteiger partial charge in [0.2, 0.25) is 5.91 Å². The minimum atomic E-state index is 0.0411. The second-order valence-electron chi connectivity index (χ2n) is 4.37. The van der Waals surface area contributed by atoms with E-state index >= 15 is 0 Å². The van der Waals surface area contributed by atoms with Gasteiger partial charge in [-0.05, 0) is 24.6 Å². The molecule has 0 aliphatic carbocycles. The number of halogens is 1. The highest BCUT2D eigenvalue weighted by Gasteiger charge is 2.05. The van der Waals surface area contributed by atoms with Crippen molar-refractivity contribution in [2.24, 2.45) is 0 Å². The van der Waals surface area contributed by atoms with Gasteiger partial charge in [0.15, 0.2) is 0 Å². The Kier molecular flexibility index (Phi) is 5.65. The minimum absolute atomic E-state index is 0.0411. The molecule has 1 aromatic rings. The van der Waals surface area contributed by atoms with Crippen molar-refractivity contribution < 1.29 is 4.79 Å². The van der Waals surface area contributed by atoms with Gasteiger partial charge in [-0.2, -0.15) is 0 Å². The smallest absolute Gasteiger partial charge is 0.225 e. The SMILES string of the molecule is Cc1ccc(Br)cc1NC(=O)CCNC(C)C. The summed E-state index contributed by atoms with van der Waals surface area (Å²) in [6, 6.07) is 6.27. The van der Waals surface area contributed by atoms with Crippen LogP contribution in [-0.4, -0.2) is 18.5 Å². The summed E-state index contributed by atoms with van der Waals surface area (Å²) in [5, 5.41) is 6.13. The molecule has 0 aliphatic heterocycles. The number of carbonyl (C=O) groups is 1. The molecule has 0 aromatic heterocycles. The number of amides is 1. The van der Waals surface area contributed by atoms with Gasteiger partial charge in [0, 0.05) is 29.2 Å². The predicted molar refractivity (Wildman–Crippen MR) is 75.3 cm³/mol. The monoisotopic (exact) mass is 298 g/mol. The summed E-state index contributed by atoms with van der Waals surface area (Å²) in [6.07, 6.45) is 0.490. The van der Waals surface area contributed by atoms with Crippen molar-refractivity contribution in [2.75, 3.05) is 11.9 Å². The molecule has 0 unspecified atom stereocenters. The normalized spacial score (nSPS) is 10.6. The summed E-state index contributed by atoms with van der Waals surface area (Å²) >= 11 is 3.39. The van der Waals surface area contributed by atoms with Crippen LogP contribution in [0.25, 0.3) is 0 Å². The summed E-state index contributed by atoms with van der Waals surface area (Å²) in [4.78, 5) is 11.7. The molecule has 0 aliphatic rings. The largest absolute Gasteiger partial charge is 0.326 e. The van der Waals surface area contributed by atoms with E-state index in [1.807, 2.05) is 25.1 Å². The van der Waals surface area contributed by atoms with E-state index in [0.29, 0.717) is 19.0 Å². The Morgan fingerprint density at radius 3 is 2.76 bits per heavy atom. The maximum absolute atomic E-state index is 11.7.